The minimum Gasteiger partial charge on any atom is -0.388 e. The van der Waals surface area contributed by atoms with Crippen LogP contribution in [0.2, 0.25) is 0 Å². The van der Waals surface area contributed by atoms with Gasteiger partial charge in [0.25, 0.3) is 0 Å². The highest BCUT2D eigenvalue weighted by atomic mass is 32.1. The van der Waals surface area contributed by atoms with Crippen molar-refractivity contribution in [3.63, 3.8) is 0 Å². The van der Waals surface area contributed by atoms with Crippen molar-refractivity contribution >= 4 is 11.3 Å². The lowest BCUT2D eigenvalue weighted by atomic mass is 10.1. The summed E-state index contributed by atoms with van der Waals surface area (Å²) in [6, 6.07) is 3.75. The Morgan fingerprint density at radius 2 is 2.19 bits per heavy atom. The van der Waals surface area contributed by atoms with E-state index in [1.807, 2.05) is 31.4 Å². The molecule has 0 saturated heterocycles. The van der Waals surface area contributed by atoms with E-state index < -0.39 is 6.10 Å². The smallest absolute Gasteiger partial charge is 0.0957 e. The molecule has 0 spiro atoms. The lowest BCUT2D eigenvalue weighted by molar-refractivity contribution is 0.178. The number of hydrogen-bond donors (Lipinski definition) is 1. The Hall–Kier alpha value is -1.26. The van der Waals surface area contributed by atoms with Gasteiger partial charge in [-0.3, -0.25) is 4.98 Å². The van der Waals surface area contributed by atoms with E-state index >= 15 is 0 Å². The summed E-state index contributed by atoms with van der Waals surface area (Å²) >= 11 is 1.59. The average Bonchev–Trinajstić information content (AvgIpc) is 2.64. The van der Waals surface area contributed by atoms with Gasteiger partial charge in [-0.1, -0.05) is 0 Å². The molecule has 0 bridgehead atoms. The minimum absolute atomic E-state index is 0.493. The highest BCUT2D eigenvalue weighted by Crippen LogP contribution is 2.20. The van der Waals surface area contributed by atoms with Gasteiger partial charge >= 0.3 is 0 Å². The number of aryl methyl sites for hydroxylation is 2. The molecule has 1 unspecified atom stereocenters. The Kier molecular flexibility index (Phi) is 3.31. The van der Waals surface area contributed by atoms with E-state index in [0.29, 0.717) is 6.42 Å². The average molecular weight is 234 g/mol. The van der Waals surface area contributed by atoms with Gasteiger partial charge in [0.05, 0.1) is 11.1 Å². The maximum Gasteiger partial charge on any atom is 0.0957 e. The van der Waals surface area contributed by atoms with Crippen molar-refractivity contribution in [2.24, 2.45) is 0 Å². The van der Waals surface area contributed by atoms with Gasteiger partial charge in [0.15, 0.2) is 0 Å². The van der Waals surface area contributed by atoms with Crippen LogP contribution in [0, 0.1) is 13.8 Å². The van der Waals surface area contributed by atoms with Crippen LogP contribution in [0.25, 0.3) is 0 Å². The van der Waals surface area contributed by atoms with Crippen LogP contribution in [0.4, 0.5) is 0 Å². The van der Waals surface area contributed by atoms with Crippen molar-refractivity contribution in [1.29, 1.82) is 0 Å². The predicted molar refractivity (Wildman–Crippen MR) is 64.5 cm³/mol. The second kappa shape index (κ2) is 4.72. The van der Waals surface area contributed by atoms with Crippen LogP contribution in [-0.2, 0) is 6.42 Å². The highest BCUT2D eigenvalue weighted by Gasteiger charge is 2.11. The van der Waals surface area contributed by atoms with Crippen LogP contribution in [0.3, 0.4) is 0 Å². The molecule has 0 amide bonds. The largest absolute Gasteiger partial charge is 0.388 e. The number of hydrogen-bond acceptors (Lipinski definition) is 4. The molecule has 2 aromatic heterocycles. The minimum atomic E-state index is -0.493. The molecule has 0 saturated carbocycles. The zero-order valence-corrected chi connectivity index (χ0v) is 10.2. The Morgan fingerprint density at radius 1 is 1.38 bits per heavy atom. The second-order valence-corrected chi connectivity index (χ2v) is 4.78. The number of aliphatic hydroxyl groups excluding tert-OH is 1. The quantitative estimate of drug-likeness (QED) is 0.887. The van der Waals surface area contributed by atoms with Gasteiger partial charge in [0.2, 0.25) is 0 Å². The van der Waals surface area contributed by atoms with Crippen LogP contribution in [0.5, 0.6) is 0 Å². The molecular formula is C12H14N2OS. The van der Waals surface area contributed by atoms with Gasteiger partial charge < -0.3 is 5.11 Å². The van der Waals surface area contributed by atoms with Crippen LogP contribution < -0.4 is 0 Å². The number of aliphatic hydroxyl groups is 1. The van der Waals surface area contributed by atoms with E-state index in [9.17, 15) is 5.11 Å². The first kappa shape index (κ1) is 11.2. The first-order valence-corrected chi connectivity index (χ1v) is 6.05. The third-order valence-corrected chi connectivity index (χ3v) is 3.33. The van der Waals surface area contributed by atoms with E-state index in [0.717, 1.165) is 22.0 Å². The Balaban J connectivity index is 2.11. The zero-order chi connectivity index (χ0) is 11.5. The zero-order valence-electron chi connectivity index (χ0n) is 9.34. The summed E-state index contributed by atoms with van der Waals surface area (Å²) in [6.45, 7) is 3.88. The van der Waals surface area contributed by atoms with Crippen LogP contribution in [0.15, 0.2) is 23.7 Å². The van der Waals surface area contributed by atoms with Gasteiger partial charge in [-0.25, -0.2) is 4.98 Å². The van der Waals surface area contributed by atoms with Crippen LogP contribution >= 0.6 is 11.3 Å². The topological polar surface area (TPSA) is 46.0 Å². The molecule has 0 aliphatic rings. The van der Waals surface area contributed by atoms with Crippen molar-refractivity contribution in [3.05, 3.63) is 45.7 Å². The SMILES string of the molecule is Cc1cc(C(O)Cc2nc(C)cs2)ccn1. The van der Waals surface area contributed by atoms with Crippen LogP contribution in [0.1, 0.15) is 28.1 Å². The maximum atomic E-state index is 10.0. The van der Waals surface area contributed by atoms with E-state index in [-0.39, 0.29) is 0 Å². The van der Waals surface area contributed by atoms with Gasteiger partial charge in [-0.15, -0.1) is 11.3 Å². The monoisotopic (exact) mass is 234 g/mol. The third kappa shape index (κ3) is 2.65. The molecule has 1 N–H and O–H groups in total. The summed E-state index contributed by atoms with van der Waals surface area (Å²) < 4.78 is 0. The van der Waals surface area contributed by atoms with Gasteiger partial charge in [-0.2, -0.15) is 0 Å². The molecule has 2 rings (SSSR count). The first-order valence-electron chi connectivity index (χ1n) is 5.17. The fraction of sp³-hybridized carbons (Fsp3) is 0.333. The molecule has 0 aliphatic carbocycles. The van der Waals surface area contributed by atoms with Crippen molar-refractivity contribution in [2.75, 3.05) is 0 Å². The molecule has 0 aromatic carbocycles. The van der Waals surface area contributed by atoms with Gasteiger partial charge in [0, 0.05) is 29.4 Å². The number of nitrogens with zero attached hydrogens (tertiary/aromatic N) is 2. The number of aromatic nitrogens is 2. The Bertz CT molecular complexity index is 481. The summed E-state index contributed by atoms with van der Waals surface area (Å²) in [6.07, 6.45) is 1.80. The summed E-state index contributed by atoms with van der Waals surface area (Å²) in [5, 5.41) is 13.0. The number of rotatable bonds is 3. The van der Waals surface area contributed by atoms with E-state index in [2.05, 4.69) is 9.97 Å². The fourth-order valence-electron chi connectivity index (χ4n) is 1.55. The Morgan fingerprint density at radius 3 is 2.81 bits per heavy atom. The maximum absolute atomic E-state index is 10.0. The molecule has 1 atom stereocenters. The predicted octanol–water partition coefficient (Wildman–Crippen LogP) is 2.43. The summed E-state index contributed by atoms with van der Waals surface area (Å²) in [4.78, 5) is 8.45. The van der Waals surface area contributed by atoms with Crippen molar-refractivity contribution in [2.45, 2.75) is 26.4 Å². The molecular weight excluding hydrogens is 220 g/mol. The molecule has 0 fully saturated rings. The van der Waals surface area contributed by atoms with Crippen molar-refractivity contribution < 1.29 is 5.11 Å². The van der Waals surface area contributed by atoms with Gasteiger partial charge in [-0.05, 0) is 31.5 Å². The van der Waals surface area contributed by atoms with E-state index in [1.54, 1.807) is 17.5 Å². The molecule has 16 heavy (non-hydrogen) atoms. The fourth-order valence-corrected chi connectivity index (χ4v) is 2.36. The molecule has 0 radical (unpaired) electrons. The number of pyridine rings is 1. The molecule has 3 nitrogen and oxygen atoms in total. The lowest BCUT2D eigenvalue weighted by Crippen LogP contribution is -2.02. The Labute approximate surface area is 98.8 Å². The standard InChI is InChI=1S/C12H14N2OS/c1-8-5-10(3-4-13-8)11(15)6-12-14-9(2)7-16-12/h3-5,7,11,15H,6H2,1-2H3. The third-order valence-electron chi connectivity index (χ3n) is 2.34. The van der Waals surface area contributed by atoms with E-state index in [1.165, 1.54) is 0 Å². The first-order chi connectivity index (χ1) is 7.65. The second-order valence-electron chi connectivity index (χ2n) is 3.83. The molecule has 2 heterocycles. The van der Waals surface area contributed by atoms with Gasteiger partial charge in [0.1, 0.15) is 0 Å². The molecule has 0 aliphatic heterocycles. The van der Waals surface area contributed by atoms with Crippen molar-refractivity contribution in [1.82, 2.24) is 9.97 Å². The lowest BCUT2D eigenvalue weighted by Gasteiger charge is -2.09. The molecule has 2 aromatic rings. The summed E-state index contributed by atoms with van der Waals surface area (Å²) in [5.74, 6) is 0. The summed E-state index contributed by atoms with van der Waals surface area (Å²) in [7, 11) is 0. The van der Waals surface area contributed by atoms with Crippen molar-refractivity contribution in [3.8, 4) is 0 Å². The highest BCUT2D eigenvalue weighted by molar-refractivity contribution is 7.09. The summed E-state index contributed by atoms with van der Waals surface area (Å²) in [5.41, 5.74) is 2.84. The van der Waals surface area contributed by atoms with E-state index in [4.69, 9.17) is 0 Å². The molecule has 4 heteroatoms. The normalized spacial score (nSPS) is 12.7. The molecule has 84 valence electrons. The van der Waals surface area contributed by atoms with Crippen LogP contribution in [-0.4, -0.2) is 15.1 Å². The number of thiazole rings is 1.